The van der Waals surface area contributed by atoms with Gasteiger partial charge in [-0.2, -0.15) is 0 Å². The number of amides is 1. The average molecular weight is 291 g/mol. The molecule has 21 heavy (non-hydrogen) atoms. The summed E-state index contributed by atoms with van der Waals surface area (Å²) in [6, 6.07) is 1.78. The molecular weight excluding hydrogens is 266 g/mol. The van der Waals surface area contributed by atoms with Crippen LogP contribution < -0.4 is 5.32 Å². The minimum absolute atomic E-state index is 0.0108. The van der Waals surface area contributed by atoms with Crippen molar-refractivity contribution in [2.75, 3.05) is 26.2 Å². The van der Waals surface area contributed by atoms with Crippen LogP contribution in [0, 0.1) is 0 Å². The minimum atomic E-state index is -0.125. The largest absolute Gasteiger partial charge is 0.393 e. The van der Waals surface area contributed by atoms with Crippen LogP contribution in [0.25, 0.3) is 0 Å². The van der Waals surface area contributed by atoms with Crippen molar-refractivity contribution in [1.82, 2.24) is 15.2 Å². The monoisotopic (exact) mass is 291 g/mol. The molecule has 2 rings (SSSR count). The summed E-state index contributed by atoms with van der Waals surface area (Å²) >= 11 is 0. The standard InChI is InChI=1S/C16H25N3O2/c1-2-13-12-17-8-4-15(13)16(21)18-7-3-9-19-10-5-14(20)6-11-19/h4,8,12,14,20H,2-3,5-7,9-11H2,1H3,(H,18,21). The molecule has 0 radical (unpaired) electrons. The number of hydrogen-bond acceptors (Lipinski definition) is 4. The van der Waals surface area contributed by atoms with E-state index < -0.39 is 0 Å². The number of carbonyl (C=O) groups excluding carboxylic acids is 1. The average Bonchev–Trinajstić information content (AvgIpc) is 2.53. The topological polar surface area (TPSA) is 65.5 Å². The first kappa shape index (κ1) is 15.9. The first-order chi connectivity index (χ1) is 10.2. The molecule has 0 aliphatic carbocycles. The first-order valence-electron chi connectivity index (χ1n) is 7.82. The number of rotatable bonds is 6. The van der Waals surface area contributed by atoms with Crippen molar-refractivity contribution in [1.29, 1.82) is 0 Å². The molecule has 1 saturated heterocycles. The highest BCUT2D eigenvalue weighted by atomic mass is 16.3. The van der Waals surface area contributed by atoms with Gasteiger partial charge in [-0.3, -0.25) is 9.78 Å². The number of aryl methyl sites for hydroxylation is 1. The van der Waals surface area contributed by atoms with Gasteiger partial charge in [-0.25, -0.2) is 0 Å². The molecule has 1 aliphatic heterocycles. The number of piperidine rings is 1. The number of pyridine rings is 1. The van der Waals surface area contributed by atoms with Gasteiger partial charge in [0.1, 0.15) is 0 Å². The maximum Gasteiger partial charge on any atom is 0.251 e. The van der Waals surface area contributed by atoms with E-state index in [4.69, 9.17) is 0 Å². The van der Waals surface area contributed by atoms with Crippen LogP contribution in [0.15, 0.2) is 18.5 Å². The molecule has 2 N–H and O–H groups in total. The van der Waals surface area contributed by atoms with Crippen LogP contribution >= 0.6 is 0 Å². The van der Waals surface area contributed by atoms with Gasteiger partial charge in [-0.05, 0) is 43.9 Å². The Hall–Kier alpha value is -1.46. The van der Waals surface area contributed by atoms with E-state index in [9.17, 15) is 9.90 Å². The third kappa shape index (κ3) is 4.79. The van der Waals surface area contributed by atoms with Crippen LogP contribution in [0.2, 0.25) is 0 Å². The highest BCUT2D eigenvalue weighted by Gasteiger charge is 2.16. The fraction of sp³-hybridized carbons (Fsp3) is 0.625. The van der Waals surface area contributed by atoms with Gasteiger partial charge in [-0.15, -0.1) is 0 Å². The second-order valence-electron chi connectivity index (χ2n) is 5.57. The van der Waals surface area contributed by atoms with E-state index in [1.807, 2.05) is 6.92 Å². The second kappa shape index (κ2) is 8.10. The summed E-state index contributed by atoms with van der Waals surface area (Å²) in [5.41, 5.74) is 1.72. The number of nitrogens with one attached hydrogen (secondary N) is 1. The van der Waals surface area contributed by atoms with Crippen molar-refractivity contribution in [3.05, 3.63) is 29.6 Å². The number of aliphatic hydroxyl groups excluding tert-OH is 1. The van der Waals surface area contributed by atoms with Crippen LogP contribution in [-0.2, 0) is 6.42 Å². The van der Waals surface area contributed by atoms with Crippen molar-refractivity contribution < 1.29 is 9.90 Å². The Morgan fingerprint density at radius 3 is 2.95 bits per heavy atom. The lowest BCUT2D eigenvalue weighted by Gasteiger charge is -2.29. The van der Waals surface area contributed by atoms with Crippen molar-refractivity contribution in [3.63, 3.8) is 0 Å². The van der Waals surface area contributed by atoms with Gasteiger partial charge in [0.05, 0.1) is 6.10 Å². The molecule has 5 nitrogen and oxygen atoms in total. The van der Waals surface area contributed by atoms with Crippen molar-refractivity contribution in [3.8, 4) is 0 Å². The number of carbonyl (C=O) groups is 1. The molecule has 0 atom stereocenters. The molecule has 1 aliphatic rings. The predicted molar refractivity (Wildman–Crippen MR) is 82.2 cm³/mol. The molecule has 0 aromatic carbocycles. The Labute approximate surface area is 126 Å². The molecule has 0 spiro atoms. The summed E-state index contributed by atoms with van der Waals surface area (Å²) in [5.74, 6) is -0.0108. The third-order valence-corrected chi connectivity index (χ3v) is 4.02. The number of aromatic nitrogens is 1. The molecule has 1 fully saturated rings. The minimum Gasteiger partial charge on any atom is -0.393 e. The molecule has 1 aromatic heterocycles. The quantitative estimate of drug-likeness (QED) is 0.774. The summed E-state index contributed by atoms with van der Waals surface area (Å²) in [4.78, 5) is 18.5. The molecular formula is C16H25N3O2. The molecule has 0 unspecified atom stereocenters. The Bertz CT molecular complexity index is 457. The van der Waals surface area contributed by atoms with E-state index in [0.717, 1.165) is 56.4 Å². The Morgan fingerprint density at radius 1 is 1.48 bits per heavy atom. The van der Waals surface area contributed by atoms with E-state index in [0.29, 0.717) is 6.54 Å². The van der Waals surface area contributed by atoms with Gasteiger partial charge >= 0.3 is 0 Å². The SMILES string of the molecule is CCc1cnccc1C(=O)NCCCN1CCC(O)CC1. The molecule has 1 amide bonds. The summed E-state index contributed by atoms with van der Waals surface area (Å²) in [6.45, 7) is 5.60. The van der Waals surface area contributed by atoms with Crippen LogP contribution in [-0.4, -0.2) is 53.2 Å². The highest BCUT2D eigenvalue weighted by Crippen LogP contribution is 2.10. The molecule has 0 saturated carbocycles. The summed E-state index contributed by atoms with van der Waals surface area (Å²) in [5, 5.41) is 12.4. The van der Waals surface area contributed by atoms with E-state index >= 15 is 0 Å². The maximum atomic E-state index is 12.1. The van der Waals surface area contributed by atoms with Gasteiger partial charge in [0, 0.05) is 37.6 Å². The number of likely N-dealkylation sites (tertiary alicyclic amines) is 1. The number of hydrogen-bond donors (Lipinski definition) is 2. The Kier molecular flexibility index (Phi) is 6.14. The van der Waals surface area contributed by atoms with Gasteiger partial charge in [0.25, 0.3) is 5.91 Å². The van der Waals surface area contributed by atoms with Crippen LogP contribution in [0.4, 0.5) is 0 Å². The summed E-state index contributed by atoms with van der Waals surface area (Å²) < 4.78 is 0. The van der Waals surface area contributed by atoms with Gasteiger partial charge in [-0.1, -0.05) is 6.92 Å². The molecule has 1 aromatic rings. The lowest BCUT2D eigenvalue weighted by atomic mass is 10.1. The summed E-state index contributed by atoms with van der Waals surface area (Å²) in [6.07, 6.45) is 6.77. The van der Waals surface area contributed by atoms with E-state index in [1.54, 1.807) is 18.5 Å². The predicted octanol–water partition coefficient (Wildman–Crippen LogP) is 1.22. The van der Waals surface area contributed by atoms with Crippen LogP contribution in [0.3, 0.4) is 0 Å². The van der Waals surface area contributed by atoms with Gasteiger partial charge in [0.2, 0.25) is 0 Å². The van der Waals surface area contributed by atoms with E-state index in [-0.39, 0.29) is 12.0 Å². The number of aliphatic hydroxyl groups is 1. The van der Waals surface area contributed by atoms with Gasteiger partial charge < -0.3 is 15.3 Å². The third-order valence-electron chi connectivity index (χ3n) is 4.02. The van der Waals surface area contributed by atoms with Gasteiger partial charge in [0.15, 0.2) is 0 Å². The lowest BCUT2D eigenvalue weighted by molar-refractivity contribution is 0.0816. The van der Waals surface area contributed by atoms with Crippen molar-refractivity contribution >= 4 is 5.91 Å². The Balaban J connectivity index is 1.70. The van der Waals surface area contributed by atoms with E-state index in [2.05, 4.69) is 15.2 Å². The molecule has 5 heteroatoms. The fourth-order valence-corrected chi connectivity index (χ4v) is 2.67. The smallest absolute Gasteiger partial charge is 0.251 e. The lowest BCUT2D eigenvalue weighted by Crippen LogP contribution is -2.37. The van der Waals surface area contributed by atoms with Crippen molar-refractivity contribution in [2.45, 2.75) is 38.7 Å². The normalized spacial score (nSPS) is 16.9. The molecule has 2 heterocycles. The van der Waals surface area contributed by atoms with Crippen LogP contribution in [0.5, 0.6) is 0 Å². The van der Waals surface area contributed by atoms with Crippen molar-refractivity contribution in [2.24, 2.45) is 0 Å². The maximum absolute atomic E-state index is 12.1. The fourth-order valence-electron chi connectivity index (χ4n) is 2.67. The van der Waals surface area contributed by atoms with E-state index in [1.165, 1.54) is 0 Å². The first-order valence-corrected chi connectivity index (χ1v) is 7.82. The zero-order valence-corrected chi connectivity index (χ0v) is 12.7. The zero-order valence-electron chi connectivity index (χ0n) is 12.7. The van der Waals surface area contributed by atoms with Crippen LogP contribution in [0.1, 0.15) is 42.1 Å². The Morgan fingerprint density at radius 2 is 2.24 bits per heavy atom. The molecule has 0 bridgehead atoms. The number of nitrogens with zero attached hydrogens (tertiary/aromatic N) is 2. The molecule has 116 valence electrons. The summed E-state index contributed by atoms with van der Waals surface area (Å²) in [7, 11) is 0. The highest BCUT2D eigenvalue weighted by molar-refractivity contribution is 5.95. The zero-order chi connectivity index (χ0) is 15.1. The second-order valence-corrected chi connectivity index (χ2v) is 5.57.